The summed E-state index contributed by atoms with van der Waals surface area (Å²) in [6, 6.07) is 9.98. The summed E-state index contributed by atoms with van der Waals surface area (Å²) in [4.78, 5) is 14.7. The minimum Gasteiger partial charge on any atom is -0.336 e. The zero-order valence-corrected chi connectivity index (χ0v) is 14.9. The molecule has 0 aliphatic carbocycles. The van der Waals surface area contributed by atoms with Gasteiger partial charge in [-0.1, -0.05) is 12.1 Å². The standard InChI is InChI=1S/C18H21N7O/c1-13-9-14(2)25(20-13)17-7-8-23(11-17)18(26)16-5-3-15(4-6-16)10-24-12-19-21-22-24/h3-6,9,12,17H,7-8,10-11H2,1-2H3. The van der Waals surface area contributed by atoms with Gasteiger partial charge in [0.15, 0.2) is 0 Å². The van der Waals surface area contributed by atoms with Gasteiger partial charge in [-0.15, -0.1) is 5.10 Å². The Morgan fingerprint density at radius 1 is 1.23 bits per heavy atom. The molecule has 1 fully saturated rings. The number of benzene rings is 1. The summed E-state index contributed by atoms with van der Waals surface area (Å²) in [7, 11) is 0. The molecule has 2 aromatic heterocycles. The molecule has 1 aromatic carbocycles. The first kappa shape index (κ1) is 16.4. The largest absolute Gasteiger partial charge is 0.336 e. The van der Waals surface area contributed by atoms with Crippen LogP contribution in [0.1, 0.15) is 39.8 Å². The van der Waals surface area contributed by atoms with Crippen molar-refractivity contribution in [3.8, 4) is 0 Å². The molecular formula is C18H21N7O. The second-order valence-electron chi connectivity index (χ2n) is 6.77. The predicted molar refractivity (Wildman–Crippen MR) is 94.6 cm³/mol. The number of carbonyl (C=O) groups excluding carboxylic acids is 1. The normalized spacial score (nSPS) is 17.0. The smallest absolute Gasteiger partial charge is 0.253 e. The lowest BCUT2D eigenvalue weighted by molar-refractivity contribution is 0.0787. The van der Waals surface area contributed by atoms with Crippen LogP contribution >= 0.6 is 0 Å². The van der Waals surface area contributed by atoms with Gasteiger partial charge in [-0.25, -0.2) is 4.68 Å². The first-order valence-corrected chi connectivity index (χ1v) is 8.72. The number of aromatic nitrogens is 6. The Morgan fingerprint density at radius 2 is 2.04 bits per heavy atom. The van der Waals surface area contributed by atoms with Crippen LogP contribution in [0.25, 0.3) is 0 Å². The second kappa shape index (κ2) is 6.70. The summed E-state index contributed by atoms with van der Waals surface area (Å²) >= 11 is 0. The Labute approximate surface area is 151 Å². The fourth-order valence-corrected chi connectivity index (χ4v) is 3.52. The number of amides is 1. The van der Waals surface area contributed by atoms with Crippen LogP contribution in [0.2, 0.25) is 0 Å². The summed E-state index contributed by atoms with van der Waals surface area (Å²) in [5.74, 6) is 0.0722. The monoisotopic (exact) mass is 351 g/mol. The maximum atomic E-state index is 12.8. The molecule has 0 spiro atoms. The molecule has 134 valence electrons. The Kier molecular flexibility index (Phi) is 4.24. The molecule has 8 heteroatoms. The van der Waals surface area contributed by atoms with Gasteiger partial charge in [0.05, 0.1) is 18.3 Å². The molecular weight excluding hydrogens is 330 g/mol. The molecule has 1 atom stereocenters. The van der Waals surface area contributed by atoms with E-state index in [9.17, 15) is 4.79 Å². The van der Waals surface area contributed by atoms with E-state index >= 15 is 0 Å². The number of rotatable bonds is 4. The van der Waals surface area contributed by atoms with Gasteiger partial charge in [0, 0.05) is 24.3 Å². The van der Waals surface area contributed by atoms with Gasteiger partial charge >= 0.3 is 0 Å². The molecule has 8 nitrogen and oxygen atoms in total. The van der Waals surface area contributed by atoms with Gasteiger partial charge in [-0.05, 0) is 54.5 Å². The van der Waals surface area contributed by atoms with Crippen molar-refractivity contribution < 1.29 is 4.79 Å². The zero-order chi connectivity index (χ0) is 18.1. The SMILES string of the molecule is Cc1cc(C)n(C2CCN(C(=O)c3ccc(Cn4cnnn4)cc3)C2)n1. The van der Waals surface area contributed by atoms with Crippen LogP contribution in [0.5, 0.6) is 0 Å². The first-order chi connectivity index (χ1) is 12.6. The molecule has 4 rings (SSSR count). The van der Waals surface area contributed by atoms with Crippen molar-refractivity contribution in [2.75, 3.05) is 13.1 Å². The van der Waals surface area contributed by atoms with Crippen molar-refractivity contribution in [2.24, 2.45) is 0 Å². The van der Waals surface area contributed by atoms with E-state index in [-0.39, 0.29) is 11.9 Å². The molecule has 1 amide bonds. The highest BCUT2D eigenvalue weighted by Gasteiger charge is 2.29. The molecule has 0 N–H and O–H groups in total. The molecule has 1 saturated heterocycles. The molecule has 26 heavy (non-hydrogen) atoms. The van der Waals surface area contributed by atoms with Gasteiger partial charge in [0.2, 0.25) is 0 Å². The number of hydrogen-bond acceptors (Lipinski definition) is 5. The molecule has 0 radical (unpaired) electrons. The third-order valence-corrected chi connectivity index (χ3v) is 4.78. The third kappa shape index (κ3) is 3.22. The van der Waals surface area contributed by atoms with Gasteiger partial charge in [0.25, 0.3) is 5.91 Å². The van der Waals surface area contributed by atoms with Gasteiger partial charge in [0.1, 0.15) is 6.33 Å². The Hall–Kier alpha value is -3.03. The van der Waals surface area contributed by atoms with Crippen LogP contribution in [0.4, 0.5) is 0 Å². The third-order valence-electron chi connectivity index (χ3n) is 4.78. The summed E-state index contributed by atoms with van der Waals surface area (Å²) in [6.07, 6.45) is 2.51. The number of tetrazole rings is 1. The average Bonchev–Trinajstić information content (AvgIpc) is 3.36. The molecule has 1 unspecified atom stereocenters. The molecule has 0 saturated carbocycles. The first-order valence-electron chi connectivity index (χ1n) is 8.72. The molecule has 0 bridgehead atoms. The van der Waals surface area contributed by atoms with Gasteiger partial charge < -0.3 is 4.90 Å². The van der Waals surface area contributed by atoms with Crippen molar-refractivity contribution >= 4 is 5.91 Å². The van der Waals surface area contributed by atoms with Gasteiger partial charge in [-0.2, -0.15) is 5.10 Å². The summed E-state index contributed by atoms with van der Waals surface area (Å²) in [6.45, 7) is 6.11. The van der Waals surface area contributed by atoms with Crippen molar-refractivity contribution in [1.82, 2.24) is 34.9 Å². The highest BCUT2D eigenvalue weighted by atomic mass is 16.2. The van der Waals surface area contributed by atoms with E-state index in [0.29, 0.717) is 18.7 Å². The van der Waals surface area contributed by atoms with Crippen molar-refractivity contribution in [3.63, 3.8) is 0 Å². The van der Waals surface area contributed by atoms with Gasteiger partial charge in [-0.3, -0.25) is 9.48 Å². The van der Waals surface area contributed by atoms with E-state index in [0.717, 1.165) is 29.9 Å². The van der Waals surface area contributed by atoms with E-state index in [1.807, 2.05) is 36.1 Å². The van der Waals surface area contributed by atoms with E-state index < -0.39 is 0 Å². The zero-order valence-electron chi connectivity index (χ0n) is 14.9. The maximum Gasteiger partial charge on any atom is 0.253 e. The Bertz CT molecular complexity index is 898. The molecule has 1 aliphatic heterocycles. The van der Waals surface area contributed by atoms with Crippen molar-refractivity contribution in [1.29, 1.82) is 0 Å². The highest BCUT2D eigenvalue weighted by molar-refractivity contribution is 5.94. The van der Waals surface area contributed by atoms with Crippen LogP contribution in [0.15, 0.2) is 36.7 Å². The van der Waals surface area contributed by atoms with E-state index in [4.69, 9.17) is 0 Å². The molecule has 3 heterocycles. The lowest BCUT2D eigenvalue weighted by Gasteiger charge is -2.17. The number of hydrogen-bond donors (Lipinski definition) is 0. The highest BCUT2D eigenvalue weighted by Crippen LogP contribution is 2.24. The van der Waals surface area contributed by atoms with Crippen LogP contribution in [-0.4, -0.2) is 53.9 Å². The summed E-state index contributed by atoms with van der Waals surface area (Å²) < 4.78 is 3.70. The number of aryl methyl sites for hydroxylation is 2. The van der Waals surface area contributed by atoms with E-state index in [1.165, 1.54) is 0 Å². The Morgan fingerprint density at radius 3 is 2.69 bits per heavy atom. The van der Waals surface area contributed by atoms with Crippen LogP contribution in [-0.2, 0) is 6.54 Å². The molecule has 1 aliphatic rings. The fourth-order valence-electron chi connectivity index (χ4n) is 3.52. The van der Waals surface area contributed by atoms with Crippen LogP contribution in [0.3, 0.4) is 0 Å². The van der Waals surface area contributed by atoms with E-state index in [2.05, 4.69) is 38.3 Å². The lowest BCUT2D eigenvalue weighted by Crippen LogP contribution is -2.29. The summed E-state index contributed by atoms with van der Waals surface area (Å²) in [5, 5.41) is 15.7. The quantitative estimate of drug-likeness (QED) is 0.713. The average molecular weight is 351 g/mol. The second-order valence-corrected chi connectivity index (χ2v) is 6.77. The Balaban J connectivity index is 1.42. The van der Waals surface area contributed by atoms with Crippen LogP contribution in [0, 0.1) is 13.8 Å². The fraction of sp³-hybridized carbons (Fsp3) is 0.389. The minimum absolute atomic E-state index is 0.0722. The van der Waals surface area contributed by atoms with Crippen molar-refractivity contribution in [3.05, 3.63) is 59.2 Å². The maximum absolute atomic E-state index is 12.8. The number of likely N-dealkylation sites (tertiary alicyclic amines) is 1. The van der Waals surface area contributed by atoms with E-state index in [1.54, 1.807) is 11.0 Å². The lowest BCUT2D eigenvalue weighted by atomic mass is 10.1. The molecule has 3 aromatic rings. The summed E-state index contributed by atoms with van der Waals surface area (Å²) in [5.41, 5.74) is 3.93. The number of nitrogens with zero attached hydrogens (tertiary/aromatic N) is 7. The topological polar surface area (TPSA) is 81.7 Å². The minimum atomic E-state index is 0.0722. The number of carbonyl (C=O) groups is 1. The van der Waals surface area contributed by atoms with Crippen LogP contribution < -0.4 is 0 Å². The van der Waals surface area contributed by atoms with Crippen molar-refractivity contribution in [2.45, 2.75) is 32.9 Å². The predicted octanol–water partition coefficient (Wildman–Crippen LogP) is 1.62.